The monoisotopic (exact) mass is 278 g/mol. The third-order valence-electron chi connectivity index (χ3n) is 2.85. The van der Waals surface area contributed by atoms with Gasteiger partial charge in [0.2, 0.25) is 0 Å². The van der Waals surface area contributed by atoms with Crippen molar-refractivity contribution in [1.29, 1.82) is 0 Å². The van der Waals surface area contributed by atoms with Gasteiger partial charge in [0.15, 0.2) is 0 Å². The molecule has 0 bridgehead atoms. The Bertz CT molecular complexity index is 507. The van der Waals surface area contributed by atoms with Crippen molar-refractivity contribution in [2.75, 3.05) is 0 Å². The van der Waals surface area contributed by atoms with E-state index in [1.165, 1.54) is 5.56 Å². The zero-order valence-corrected chi connectivity index (χ0v) is 12.1. The molecular formula is C16H16Cl2. The first-order valence-electron chi connectivity index (χ1n) is 6.11. The maximum absolute atomic E-state index is 6.20. The zero-order chi connectivity index (χ0) is 13.1. The van der Waals surface area contributed by atoms with E-state index < -0.39 is 0 Å². The van der Waals surface area contributed by atoms with Gasteiger partial charge in [-0.25, -0.2) is 0 Å². The molecule has 0 aliphatic heterocycles. The van der Waals surface area contributed by atoms with Crippen molar-refractivity contribution in [3.05, 3.63) is 58.1 Å². The highest BCUT2D eigenvalue weighted by atomic mass is 35.5. The molecule has 18 heavy (non-hydrogen) atoms. The summed E-state index contributed by atoms with van der Waals surface area (Å²) >= 11 is 12.4. The Balaban J connectivity index is 2.35. The van der Waals surface area contributed by atoms with Crippen LogP contribution in [0.2, 0.25) is 10.0 Å². The maximum atomic E-state index is 6.20. The first kappa shape index (κ1) is 13.5. The molecule has 0 radical (unpaired) electrons. The van der Waals surface area contributed by atoms with Gasteiger partial charge in [-0.15, -0.1) is 0 Å². The van der Waals surface area contributed by atoms with Gasteiger partial charge in [-0.3, -0.25) is 0 Å². The third-order valence-corrected chi connectivity index (χ3v) is 3.48. The average Bonchev–Trinajstić information content (AvgIpc) is 2.30. The largest absolute Gasteiger partial charge is 0.0836 e. The molecule has 0 aliphatic rings. The summed E-state index contributed by atoms with van der Waals surface area (Å²) in [4.78, 5) is 0. The van der Waals surface area contributed by atoms with Gasteiger partial charge in [-0.1, -0.05) is 67.4 Å². The first-order valence-corrected chi connectivity index (χ1v) is 6.87. The van der Waals surface area contributed by atoms with Gasteiger partial charge >= 0.3 is 0 Å². The molecule has 0 saturated heterocycles. The van der Waals surface area contributed by atoms with Gasteiger partial charge in [0.05, 0.1) is 0 Å². The SMILES string of the molecule is CC(C)Cc1ccc(-c2c(Cl)cccc2Cl)cc1. The van der Waals surface area contributed by atoms with E-state index in [4.69, 9.17) is 23.2 Å². The van der Waals surface area contributed by atoms with Crippen LogP contribution in [0.5, 0.6) is 0 Å². The van der Waals surface area contributed by atoms with E-state index >= 15 is 0 Å². The minimum Gasteiger partial charge on any atom is -0.0836 e. The van der Waals surface area contributed by atoms with E-state index in [0.717, 1.165) is 17.5 Å². The zero-order valence-electron chi connectivity index (χ0n) is 10.6. The van der Waals surface area contributed by atoms with Crippen molar-refractivity contribution in [3.63, 3.8) is 0 Å². The lowest BCUT2D eigenvalue weighted by molar-refractivity contribution is 0.647. The Morgan fingerprint density at radius 3 is 1.94 bits per heavy atom. The topological polar surface area (TPSA) is 0 Å². The molecule has 0 heterocycles. The summed E-state index contributed by atoms with van der Waals surface area (Å²) in [6.07, 6.45) is 1.09. The molecule has 0 atom stereocenters. The molecule has 2 rings (SSSR count). The van der Waals surface area contributed by atoms with Crippen LogP contribution in [-0.4, -0.2) is 0 Å². The summed E-state index contributed by atoms with van der Waals surface area (Å²) in [5, 5.41) is 1.39. The molecule has 2 aromatic carbocycles. The molecule has 0 amide bonds. The second kappa shape index (κ2) is 5.77. The summed E-state index contributed by atoms with van der Waals surface area (Å²) in [6, 6.07) is 14.1. The summed E-state index contributed by atoms with van der Waals surface area (Å²) in [5.74, 6) is 0.666. The normalized spacial score (nSPS) is 10.9. The molecule has 94 valence electrons. The Labute approximate surface area is 119 Å². The predicted octanol–water partition coefficient (Wildman–Crippen LogP) is 5.86. The Morgan fingerprint density at radius 1 is 0.889 bits per heavy atom. The fraction of sp³-hybridized carbons (Fsp3) is 0.250. The minimum absolute atomic E-state index is 0.666. The van der Waals surface area contributed by atoms with Crippen molar-refractivity contribution in [1.82, 2.24) is 0 Å². The fourth-order valence-corrected chi connectivity index (χ4v) is 2.67. The highest BCUT2D eigenvalue weighted by Gasteiger charge is 2.08. The van der Waals surface area contributed by atoms with Crippen molar-refractivity contribution >= 4 is 23.2 Å². The van der Waals surface area contributed by atoms with Crippen LogP contribution in [0.1, 0.15) is 19.4 Å². The lowest BCUT2D eigenvalue weighted by atomic mass is 9.99. The third kappa shape index (κ3) is 3.07. The number of rotatable bonds is 3. The highest BCUT2D eigenvalue weighted by molar-refractivity contribution is 6.39. The van der Waals surface area contributed by atoms with Crippen LogP contribution in [0.3, 0.4) is 0 Å². The molecule has 2 heteroatoms. The molecule has 2 aromatic rings. The van der Waals surface area contributed by atoms with Crippen LogP contribution in [0.4, 0.5) is 0 Å². The molecule has 0 unspecified atom stereocenters. The molecule has 0 nitrogen and oxygen atoms in total. The van der Waals surface area contributed by atoms with Gasteiger partial charge < -0.3 is 0 Å². The summed E-state index contributed by atoms with van der Waals surface area (Å²) in [5.41, 5.74) is 3.33. The quantitative estimate of drug-likeness (QED) is 0.660. The highest BCUT2D eigenvalue weighted by Crippen LogP contribution is 2.34. The van der Waals surface area contributed by atoms with Crippen molar-refractivity contribution in [2.45, 2.75) is 20.3 Å². The number of halogens is 2. The molecule has 0 saturated carbocycles. The average molecular weight is 279 g/mol. The van der Waals surface area contributed by atoms with Gasteiger partial charge in [0, 0.05) is 15.6 Å². The minimum atomic E-state index is 0.666. The van der Waals surface area contributed by atoms with E-state index in [-0.39, 0.29) is 0 Å². The summed E-state index contributed by atoms with van der Waals surface area (Å²) in [6.45, 7) is 4.44. The number of hydrogen-bond donors (Lipinski definition) is 0. The van der Waals surface area contributed by atoms with Crippen LogP contribution in [-0.2, 0) is 6.42 Å². The van der Waals surface area contributed by atoms with Crippen molar-refractivity contribution in [2.24, 2.45) is 5.92 Å². The summed E-state index contributed by atoms with van der Waals surface area (Å²) < 4.78 is 0. The van der Waals surface area contributed by atoms with E-state index in [1.54, 1.807) is 0 Å². The molecule has 0 fully saturated rings. The van der Waals surface area contributed by atoms with Gasteiger partial charge in [-0.05, 0) is 35.6 Å². The van der Waals surface area contributed by atoms with Crippen LogP contribution in [0.15, 0.2) is 42.5 Å². The van der Waals surface area contributed by atoms with E-state index in [9.17, 15) is 0 Å². The lowest BCUT2D eigenvalue weighted by Crippen LogP contribution is -1.93. The Hall–Kier alpha value is -0.980. The molecule has 0 aliphatic carbocycles. The smallest absolute Gasteiger partial charge is 0.0499 e. The Morgan fingerprint density at radius 2 is 1.44 bits per heavy atom. The first-order chi connectivity index (χ1) is 8.58. The van der Waals surface area contributed by atoms with E-state index in [0.29, 0.717) is 16.0 Å². The Kier molecular flexibility index (Phi) is 4.31. The van der Waals surface area contributed by atoms with Crippen LogP contribution >= 0.6 is 23.2 Å². The van der Waals surface area contributed by atoms with Crippen molar-refractivity contribution < 1.29 is 0 Å². The van der Waals surface area contributed by atoms with Crippen LogP contribution in [0, 0.1) is 5.92 Å². The predicted molar refractivity (Wildman–Crippen MR) is 80.4 cm³/mol. The molecule has 0 spiro atoms. The number of benzene rings is 2. The van der Waals surface area contributed by atoms with Gasteiger partial charge in [0.1, 0.15) is 0 Å². The molecule has 0 aromatic heterocycles. The standard InChI is InChI=1S/C16H16Cl2/c1-11(2)10-12-6-8-13(9-7-12)16-14(17)4-3-5-15(16)18/h3-9,11H,10H2,1-2H3. The fourth-order valence-electron chi connectivity index (χ4n) is 2.05. The van der Waals surface area contributed by atoms with Crippen molar-refractivity contribution in [3.8, 4) is 11.1 Å². The molecular weight excluding hydrogens is 263 g/mol. The number of hydrogen-bond acceptors (Lipinski definition) is 0. The molecule has 0 N–H and O–H groups in total. The van der Waals surface area contributed by atoms with Crippen LogP contribution < -0.4 is 0 Å². The van der Waals surface area contributed by atoms with E-state index in [1.807, 2.05) is 18.2 Å². The second-order valence-corrected chi connectivity index (χ2v) is 5.71. The van der Waals surface area contributed by atoms with Gasteiger partial charge in [0.25, 0.3) is 0 Å². The summed E-state index contributed by atoms with van der Waals surface area (Å²) in [7, 11) is 0. The van der Waals surface area contributed by atoms with E-state index in [2.05, 4.69) is 38.1 Å². The second-order valence-electron chi connectivity index (χ2n) is 4.89. The maximum Gasteiger partial charge on any atom is 0.0499 e. The lowest BCUT2D eigenvalue weighted by Gasteiger charge is -2.09. The van der Waals surface area contributed by atoms with Gasteiger partial charge in [-0.2, -0.15) is 0 Å². The van der Waals surface area contributed by atoms with Crippen LogP contribution in [0.25, 0.3) is 11.1 Å².